The molecule has 0 saturated carbocycles. The normalized spacial score (nSPS) is 14.0. The third-order valence-electron chi connectivity index (χ3n) is 6.33. The Morgan fingerprint density at radius 3 is 2.46 bits per heavy atom. The number of aromatic hydroxyl groups is 1. The van der Waals surface area contributed by atoms with Gasteiger partial charge >= 0.3 is 0 Å². The monoisotopic (exact) mass is 484 g/mol. The van der Waals surface area contributed by atoms with Crippen molar-refractivity contribution in [1.29, 1.82) is 0 Å². The molecule has 1 N–H and O–H groups in total. The summed E-state index contributed by atoms with van der Waals surface area (Å²) in [6.07, 6.45) is 1.36. The molecule has 35 heavy (non-hydrogen) atoms. The highest BCUT2D eigenvalue weighted by molar-refractivity contribution is 7.10. The van der Waals surface area contributed by atoms with Gasteiger partial charge in [-0.15, -0.1) is 0 Å². The lowest BCUT2D eigenvalue weighted by Crippen LogP contribution is -2.53. The molecular formula is C29H28N2O3S. The van der Waals surface area contributed by atoms with Crippen LogP contribution in [-0.2, 0) is 0 Å². The number of rotatable bonds is 8. The second-order valence-corrected chi connectivity index (χ2v) is 9.72. The number of hydrogen-bond donors (Lipinski definition) is 1. The molecule has 1 fully saturated rings. The zero-order chi connectivity index (χ0) is 24.4. The number of benzene rings is 3. The van der Waals surface area contributed by atoms with Gasteiger partial charge in [0.05, 0.1) is 16.1 Å². The summed E-state index contributed by atoms with van der Waals surface area (Å²) < 4.78 is 10.8. The topological polar surface area (TPSA) is 62.7 Å². The van der Waals surface area contributed by atoms with Crippen LogP contribution >= 0.6 is 11.5 Å². The average molecular weight is 485 g/mol. The molecule has 4 aromatic rings. The Kier molecular flexibility index (Phi) is 6.66. The van der Waals surface area contributed by atoms with Gasteiger partial charge in [-0.3, -0.25) is 9.69 Å². The molecule has 178 valence electrons. The van der Waals surface area contributed by atoms with Crippen LogP contribution in [-0.4, -0.2) is 45.9 Å². The fraction of sp³-hybridized carbons (Fsp3) is 0.241. The predicted molar refractivity (Wildman–Crippen MR) is 140 cm³/mol. The first-order chi connectivity index (χ1) is 17.0. The Balaban J connectivity index is 1.46. The Hall–Kier alpha value is -3.48. The Morgan fingerprint density at radius 2 is 1.77 bits per heavy atom. The molecule has 2 heterocycles. The van der Waals surface area contributed by atoms with Crippen LogP contribution in [0.15, 0.2) is 72.8 Å². The van der Waals surface area contributed by atoms with Crippen molar-refractivity contribution in [3.05, 3.63) is 89.5 Å². The molecule has 0 aliphatic carbocycles. The van der Waals surface area contributed by atoms with Gasteiger partial charge in [0, 0.05) is 24.2 Å². The largest absolute Gasteiger partial charge is 0.508 e. The highest BCUT2D eigenvalue weighted by Crippen LogP contribution is 2.38. The van der Waals surface area contributed by atoms with E-state index in [1.165, 1.54) is 11.5 Å². The number of carbonyl (C=O) groups excluding carboxylic acids is 1. The first kappa shape index (κ1) is 23.3. The quantitative estimate of drug-likeness (QED) is 0.302. The van der Waals surface area contributed by atoms with E-state index >= 15 is 0 Å². The van der Waals surface area contributed by atoms with Crippen molar-refractivity contribution in [2.45, 2.75) is 26.4 Å². The van der Waals surface area contributed by atoms with Crippen molar-refractivity contribution < 1.29 is 14.6 Å². The number of phenols is 1. The predicted octanol–water partition coefficient (Wildman–Crippen LogP) is 6.20. The second-order valence-electron chi connectivity index (χ2n) is 8.95. The number of ether oxygens (including phenoxy) is 1. The van der Waals surface area contributed by atoms with Crippen LogP contribution in [0.1, 0.15) is 34.8 Å². The van der Waals surface area contributed by atoms with Gasteiger partial charge in [-0.05, 0) is 91.1 Å². The highest BCUT2D eigenvalue weighted by atomic mass is 32.1. The van der Waals surface area contributed by atoms with E-state index in [4.69, 9.17) is 9.11 Å². The minimum Gasteiger partial charge on any atom is -0.508 e. The standard InChI is InChI=1S/C29H28N2O3S/c1-3-16-31-17-24(18-31)34-23-14-10-20(11-15-23)28(33)26-27(25-7-5-4-6-19(25)2)30-35-29(26)21-8-12-22(32)13-9-21/h4-15,24,32H,3,16-18H2,1-2H3. The van der Waals surface area contributed by atoms with E-state index in [1.54, 1.807) is 12.1 Å². The minimum atomic E-state index is -0.0793. The molecule has 0 bridgehead atoms. The summed E-state index contributed by atoms with van der Waals surface area (Å²) in [4.78, 5) is 17.0. The molecule has 1 aliphatic heterocycles. The van der Waals surface area contributed by atoms with E-state index in [0.717, 1.165) is 53.4 Å². The van der Waals surface area contributed by atoms with Gasteiger partial charge in [0.15, 0.2) is 5.78 Å². The molecule has 5 nitrogen and oxygen atoms in total. The molecule has 0 radical (unpaired) electrons. The zero-order valence-electron chi connectivity index (χ0n) is 19.9. The maximum atomic E-state index is 13.9. The van der Waals surface area contributed by atoms with Crippen LogP contribution < -0.4 is 4.74 Å². The molecular weight excluding hydrogens is 456 g/mol. The van der Waals surface area contributed by atoms with E-state index in [2.05, 4.69) is 11.8 Å². The van der Waals surface area contributed by atoms with Crippen LogP contribution in [0.5, 0.6) is 11.5 Å². The van der Waals surface area contributed by atoms with Crippen molar-refractivity contribution >= 4 is 17.3 Å². The zero-order valence-corrected chi connectivity index (χ0v) is 20.7. The molecule has 6 heteroatoms. The summed E-state index contributed by atoms with van der Waals surface area (Å²) in [5, 5.41) is 9.74. The van der Waals surface area contributed by atoms with Gasteiger partial charge in [0.1, 0.15) is 17.6 Å². The summed E-state index contributed by atoms with van der Waals surface area (Å²) in [5.74, 6) is 0.888. The number of carbonyl (C=O) groups is 1. The summed E-state index contributed by atoms with van der Waals surface area (Å²) in [6.45, 7) is 7.21. The Morgan fingerprint density at radius 1 is 1.06 bits per heavy atom. The molecule has 5 rings (SSSR count). The van der Waals surface area contributed by atoms with Crippen LogP contribution in [0.4, 0.5) is 0 Å². The lowest BCUT2D eigenvalue weighted by atomic mass is 9.94. The Labute approximate surface area is 209 Å². The van der Waals surface area contributed by atoms with Gasteiger partial charge in [-0.25, -0.2) is 0 Å². The van der Waals surface area contributed by atoms with E-state index in [1.807, 2.05) is 67.6 Å². The van der Waals surface area contributed by atoms with Gasteiger partial charge in [-0.2, -0.15) is 4.37 Å². The van der Waals surface area contributed by atoms with Gasteiger partial charge in [0.25, 0.3) is 0 Å². The number of aryl methyl sites for hydroxylation is 1. The van der Waals surface area contributed by atoms with Crippen LogP contribution in [0.2, 0.25) is 0 Å². The van der Waals surface area contributed by atoms with Gasteiger partial charge in [0.2, 0.25) is 0 Å². The maximum absolute atomic E-state index is 13.9. The molecule has 0 spiro atoms. The van der Waals surface area contributed by atoms with Crippen LogP contribution in [0.3, 0.4) is 0 Å². The molecule has 3 aromatic carbocycles. The maximum Gasteiger partial charge on any atom is 0.196 e. The molecule has 0 unspecified atom stereocenters. The van der Waals surface area contributed by atoms with E-state index < -0.39 is 0 Å². The van der Waals surface area contributed by atoms with Gasteiger partial charge in [-0.1, -0.05) is 31.2 Å². The first-order valence-electron chi connectivity index (χ1n) is 11.9. The van der Waals surface area contributed by atoms with Gasteiger partial charge < -0.3 is 9.84 Å². The molecule has 1 aromatic heterocycles. The number of nitrogens with zero attached hydrogens (tertiary/aromatic N) is 2. The van der Waals surface area contributed by atoms with Crippen LogP contribution in [0, 0.1) is 6.92 Å². The van der Waals surface area contributed by atoms with Crippen molar-refractivity contribution in [3.8, 4) is 33.2 Å². The summed E-state index contributed by atoms with van der Waals surface area (Å²) in [7, 11) is 0. The van der Waals surface area contributed by atoms with Crippen molar-refractivity contribution in [1.82, 2.24) is 9.27 Å². The number of phenolic OH excluding ortho intramolecular Hbond substituents is 1. The number of aromatic nitrogens is 1. The lowest BCUT2D eigenvalue weighted by molar-refractivity contribution is 0.0202. The SMILES string of the molecule is CCCN1CC(Oc2ccc(C(=O)c3c(-c4ccccc4C)nsc3-c3ccc(O)cc3)cc2)C1. The molecule has 1 saturated heterocycles. The highest BCUT2D eigenvalue weighted by Gasteiger charge is 2.28. The summed E-state index contributed by atoms with van der Waals surface area (Å²) in [6, 6.07) is 22.3. The second kappa shape index (κ2) is 10.0. The van der Waals surface area contributed by atoms with Crippen molar-refractivity contribution in [2.24, 2.45) is 0 Å². The number of likely N-dealkylation sites (tertiary alicyclic amines) is 1. The fourth-order valence-corrected chi connectivity index (χ4v) is 5.34. The first-order valence-corrected chi connectivity index (χ1v) is 12.7. The van der Waals surface area contributed by atoms with Crippen molar-refractivity contribution in [2.75, 3.05) is 19.6 Å². The van der Waals surface area contributed by atoms with Crippen LogP contribution in [0.25, 0.3) is 21.7 Å². The fourth-order valence-electron chi connectivity index (χ4n) is 4.45. The number of hydrogen-bond acceptors (Lipinski definition) is 6. The molecule has 1 aliphatic rings. The average Bonchev–Trinajstić information content (AvgIpc) is 3.28. The summed E-state index contributed by atoms with van der Waals surface area (Å²) in [5.41, 5.74) is 4.72. The van der Waals surface area contributed by atoms with E-state index in [9.17, 15) is 9.90 Å². The molecule has 0 atom stereocenters. The minimum absolute atomic E-state index is 0.0793. The number of ketones is 1. The Bertz CT molecular complexity index is 1320. The third kappa shape index (κ3) is 4.85. The van der Waals surface area contributed by atoms with E-state index in [-0.39, 0.29) is 17.6 Å². The van der Waals surface area contributed by atoms with Crippen molar-refractivity contribution in [3.63, 3.8) is 0 Å². The van der Waals surface area contributed by atoms with E-state index in [0.29, 0.717) is 16.8 Å². The molecule has 0 amide bonds. The third-order valence-corrected chi connectivity index (χ3v) is 7.23. The lowest BCUT2D eigenvalue weighted by Gasteiger charge is -2.38. The summed E-state index contributed by atoms with van der Waals surface area (Å²) >= 11 is 1.31. The smallest absolute Gasteiger partial charge is 0.196 e.